The predicted molar refractivity (Wildman–Crippen MR) is 76.4 cm³/mol. The van der Waals surface area contributed by atoms with Gasteiger partial charge in [-0.25, -0.2) is 0 Å². The maximum Gasteiger partial charge on any atom is 1.00 e. The summed E-state index contributed by atoms with van der Waals surface area (Å²) in [4.78, 5) is -0.352. The molecule has 0 aromatic heterocycles. The quantitative estimate of drug-likeness (QED) is 0.436. The maximum atomic E-state index is 12.0. The minimum Gasteiger partial charge on any atom is -1.00 e. The van der Waals surface area contributed by atoms with Crippen molar-refractivity contribution in [3.8, 4) is 5.75 Å². The molecular weight excluding hydrogens is 339 g/mol. The monoisotopic (exact) mass is 352 g/mol. The van der Waals surface area contributed by atoms with Crippen molar-refractivity contribution in [2.75, 3.05) is 0 Å². The average molecular weight is 352 g/mol. The molecule has 2 rings (SSSR count). The summed E-state index contributed by atoms with van der Waals surface area (Å²) >= 11 is 0. The molecule has 2 aromatic rings. The first-order valence-electron chi connectivity index (χ1n) is 5.77. The van der Waals surface area contributed by atoms with Crippen LogP contribution in [0.3, 0.4) is 0 Å². The summed E-state index contributed by atoms with van der Waals surface area (Å²) in [6.07, 6.45) is 0. The second-order valence-electron chi connectivity index (χ2n) is 4.30. The zero-order valence-electron chi connectivity index (χ0n) is 12.9. The van der Waals surface area contributed by atoms with Gasteiger partial charge in [0.15, 0.2) is 0 Å². The number of benzene rings is 2. The fourth-order valence-corrected chi connectivity index (χ4v) is 2.96. The fraction of sp³-hybridized carbons (Fsp3) is 0.0769. The molecule has 0 spiro atoms. The van der Waals surface area contributed by atoms with E-state index in [-0.39, 0.29) is 46.5 Å². The van der Waals surface area contributed by atoms with E-state index in [4.69, 9.17) is 8.74 Å². The first-order valence-corrected chi connectivity index (χ1v) is 8.62. The van der Waals surface area contributed by atoms with Gasteiger partial charge in [0.1, 0.15) is 10.6 Å². The maximum absolute atomic E-state index is 12.0. The summed E-state index contributed by atoms with van der Waals surface area (Å²) < 4.78 is 59.5. The van der Waals surface area contributed by atoms with Gasteiger partial charge in [-0.05, 0) is 43.3 Å². The number of rotatable bonds is 4. The van der Waals surface area contributed by atoms with Crippen LogP contribution in [0.15, 0.2) is 58.3 Å². The average Bonchev–Trinajstić information content (AvgIpc) is 2.38. The second kappa shape index (κ2) is 7.12. The van der Waals surface area contributed by atoms with E-state index < -0.39 is 20.2 Å². The molecule has 0 fully saturated rings. The SMILES string of the molecule is Cc1ccc(S(=O)(=O)Oc2ccc(S(=O)(=O)O)cc2)cc1.[H-].[Na+]. The Kier molecular flexibility index (Phi) is 6.19. The Bertz CT molecular complexity index is 846. The molecule has 0 unspecified atom stereocenters. The van der Waals surface area contributed by atoms with Crippen molar-refractivity contribution in [1.82, 2.24) is 0 Å². The second-order valence-corrected chi connectivity index (χ2v) is 7.26. The van der Waals surface area contributed by atoms with Crippen LogP contribution in [-0.4, -0.2) is 21.4 Å². The van der Waals surface area contributed by atoms with Crippen molar-refractivity contribution in [1.29, 1.82) is 0 Å². The van der Waals surface area contributed by atoms with Crippen molar-refractivity contribution in [3.63, 3.8) is 0 Å². The van der Waals surface area contributed by atoms with E-state index in [1.807, 2.05) is 6.92 Å². The molecule has 22 heavy (non-hydrogen) atoms. The Hall–Kier alpha value is -0.900. The van der Waals surface area contributed by atoms with Gasteiger partial charge in [0.2, 0.25) is 0 Å². The van der Waals surface area contributed by atoms with Gasteiger partial charge in [0, 0.05) is 0 Å². The van der Waals surface area contributed by atoms with Gasteiger partial charge in [-0.2, -0.15) is 16.8 Å². The van der Waals surface area contributed by atoms with E-state index in [2.05, 4.69) is 0 Å². The van der Waals surface area contributed by atoms with Crippen molar-refractivity contribution >= 4 is 20.2 Å². The summed E-state index contributed by atoms with van der Waals surface area (Å²) in [6, 6.07) is 10.5. The Balaban J connectivity index is 0.00000242. The molecule has 0 bridgehead atoms. The molecule has 6 nitrogen and oxygen atoms in total. The largest absolute Gasteiger partial charge is 1.00 e. The van der Waals surface area contributed by atoms with Crippen LogP contribution in [-0.2, 0) is 20.2 Å². The summed E-state index contributed by atoms with van der Waals surface area (Å²) in [6.45, 7) is 1.82. The first kappa shape index (κ1) is 19.1. The molecule has 9 heteroatoms. The van der Waals surface area contributed by atoms with E-state index in [0.29, 0.717) is 0 Å². The molecule has 0 amide bonds. The van der Waals surface area contributed by atoms with Gasteiger partial charge in [0.05, 0.1) is 4.90 Å². The van der Waals surface area contributed by atoms with Crippen LogP contribution in [0.25, 0.3) is 0 Å². The van der Waals surface area contributed by atoms with Crippen LogP contribution < -0.4 is 33.7 Å². The molecule has 1 N–H and O–H groups in total. The molecule has 0 aliphatic rings. The Morgan fingerprint density at radius 3 is 1.77 bits per heavy atom. The fourth-order valence-electron chi connectivity index (χ4n) is 1.55. The molecule has 0 aliphatic heterocycles. The third kappa shape index (κ3) is 4.80. The smallest absolute Gasteiger partial charge is 1.00 e. The Morgan fingerprint density at radius 2 is 1.32 bits per heavy atom. The molecular formula is C13H13NaO6S2. The summed E-state index contributed by atoms with van der Waals surface area (Å²) in [5.41, 5.74) is 0.909. The van der Waals surface area contributed by atoms with E-state index in [9.17, 15) is 16.8 Å². The minimum absolute atomic E-state index is 0. The van der Waals surface area contributed by atoms with Crippen LogP contribution in [0, 0.1) is 6.92 Å². The zero-order valence-corrected chi connectivity index (χ0v) is 15.6. The van der Waals surface area contributed by atoms with Crippen LogP contribution in [0.2, 0.25) is 0 Å². The van der Waals surface area contributed by atoms with E-state index in [1.54, 1.807) is 12.1 Å². The van der Waals surface area contributed by atoms with E-state index >= 15 is 0 Å². The molecule has 2 aromatic carbocycles. The van der Waals surface area contributed by atoms with Gasteiger partial charge in [0.25, 0.3) is 10.1 Å². The molecule has 0 heterocycles. The topological polar surface area (TPSA) is 97.7 Å². The molecule has 114 valence electrons. The number of hydrogen-bond acceptors (Lipinski definition) is 5. The molecule has 0 saturated carbocycles. The molecule has 0 aliphatic carbocycles. The van der Waals surface area contributed by atoms with Gasteiger partial charge in [-0.15, -0.1) is 0 Å². The van der Waals surface area contributed by atoms with Gasteiger partial charge >= 0.3 is 39.7 Å². The van der Waals surface area contributed by atoms with Gasteiger partial charge < -0.3 is 5.61 Å². The summed E-state index contributed by atoms with van der Waals surface area (Å²) in [5, 5.41) is 0. The number of hydrogen-bond donors (Lipinski definition) is 1. The van der Waals surface area contributed by atoms with Crippen molar-refractivity contribution in [3.05, 3.63) is 54.1 Å². The summed E-state index contributed by atoms with van der Waals surface area (Å²) in [5.74, 6) is -0.0528. The third-order valence-electron chi connectivity index (χ3n) is 2.64. The molecule has 0 radical (unpaired) electrons. The van der Waals surface area contributed by atoms with E-state index in [0.717, 1.165) is 29.8 Å². The van der Waals surface area contributed by atoms with Gasteiger partial charge in [-0.3, -0.25) is 4.55 Å². The van der Waals surface area contributed by atoms with E-state index in [1.165, 1.54) is 12.1 Å². The minimum atomic E-state index is -4.33. The predicted octanol–water partition coefficient (Wildman–Crippen LogP) is -0.874. The van der Waals surface area contributed by atoms with Crippen LogP contribution in [0.1, 0.15) is 6.99 Å². The summed E-state index contributed by atoms with van der Waals surface area (Å²) in [7, 11) is -8.32. The van der Waals surface area contributed by atoms with Gasteiger partial charge in [-0.1, -0.05) is 17.7 Å². The normalized spacial score (nSPS) is 11.5. The van der Waals surface area contributed by atoms with Crippen molar-refractivity contribution in [2.24, 2.45) is 0 Å². The standard InChI is InChI=1S/C13H12O6S2.Na.H/c1-10-2-6-13(7-3-10)21(17,18)19-11-4-8-12(9-5-11)20(14,15)16;;/h2-9H,1H3,(H,14,15,16);;/q;+1;-1. The van der Waals surface area contributed by atoms with Crippen LogP contribution in [0.5, 0.6) is 5.75 Å². The molecule has 0 saturated heterocycles. The Labute approximate surface area is 152 Å². The Morgan fingerprint density at radius 1 is 0.864 bits per heavy atom. The third-order valence-corrected chi connectivity index (χ3v) is 4.77. The first-order chi connectivity index (χ1) is 9.68. The number of aryl methyl sites for hydroxylation is 1. The zero-order chi connectivity index (χ0) is 15.7. The van der Waals surface area contributed by atoms with Crippen molar-refractivity contribution in [2.45, 2.75) is 16.7 Å². The van der Waals surface area contributed by atoms with Crippen LogP contribution >= 0.6 is 0 Å². The molecule has 0 atom stereocenters. The van der Waals surface area contributed by atoms with Crippen LogP contribution in [0.4, 0.5) is 0 Å². The van der Waals surface area contributed by atoms with Crippen molar-refractivity contribution < 1.29 is 56.6 Å².